The van der Waals surface area contributed by atoms with Gasteiger partial charge in [-0.3, -0.25) is 9.71 Å². The molecule has 100 valence electrons. The van der Waals surface area contributed by atoms with Gasteiger partial charge >= 0.3 is 0 Å². The molecule has 0 aliphatic heterocycles. The van der Waals surface area contributed by atoms with E-state index in [0.29, 0.717) is 11.4 Å². The molecule has 0 aliphatic carbocycles. The molecule has 2 aromatic heterocycles. The van der Waals surface area contributed by atoms with E-state index in [1.807, 2.05) is 6.92 Å². The van der Waals surface area contributed by atoms with E-state index in [9.17, 15) is 8.42 Å². The summed E-state index contributed by atoms with van der Waals surface area (Å²) in [6.07, 6.45) is 1.43. The number of hydrogen-bond donors (Lipinski definition) is 1. The van der Waals surface area contributed by atoms with E-state index in [4.69, 9.17) is 11.6 Å². The Balaban J connectivity index is 2.40. The predicted octanol–water partition coefficient (Wildman–Crippen LogP) is 2.55. The molecule has 0 spiro atoms. The average Bonchev–Trinajstić information content (AvgIpc) is 2.33. The fourth-order valence-electron chi connectivity index (χ4n) is 1.57. The van der Waals surface area contributed by atoms with Crippen LogP contribution in [0.4, 0.5) is 5.69 Å². The Bertz CT molecular complexity index is 717. The number of anilines is 1. The molecule has 2 rings (SSSR count). The second kappa shape index (κ2) is 5.14. The van der Waals surface area contributed by atoms with Crippen LogP contribution < -0.4 is 4.72 Å². The number of aromatic nitrogens is 2. The first-order valence-electron chi connectivity index (χ1n) is 5.48. The molecule has 5 nitrogen and oxygen atoms in total. The second-order valence-electron chi connectivity index (χ2n) is 3.98. The van der Waals surface area contributed by atoms with Gasteiger partial charge in [0, 0.05) is 11.9 Å². The van der Waals surface area contributed by atoms with Crippen LogP contribution in [0, 0.1) is 13.8 Å². The summed E-state index contributed by atoms with van der Waals surface area (Å²) in [4.78, 5) is 7.89. The fourth-order valence-corrected chi connectivity index (χ4v) is 3.14. The minimum Gasteiger partial charge on any atom is -0.278 e. The van der Waals surface area contributed by atoms with Gasteiger partial charge in [-0.1, -0.05) is 11.6 Å². The van der Waals surface area contributed by atoms with Gasteiger partial charge in [0.2, 0.25) is 0 Å². The lowest BCUT2D eigenvalue weighted by molar-refractivity contribution is 0.601. The summed E-state index contributed by atoms with van der Waals surface area (Å²) in [5, 5.41) is -0.0623. The maximum absolute atomic E-state index is 12.2. The van der Waals surface area contributed by atoms with Crippen LogP contribution in [0.2, 0.25) is 5.15 Å². The molecule has 0 fully saturated rings. The van der Waals surface area contributed by atoms with Gasteiger partial charge in [-0.05, 0) is 38.1 Å². The summed E-state index contributed by atoms with van der Waals surface area (Å²) < 4.78 is 26.8. The highest BCUT2D eigenvalue weighted by molar-refractivity contribution is 7.92. The van der Waals surface area contributed by atoms with Gasteiger partial charge < -0.3 is 0 Å². The molecule has 19 heavy (non-hydrogen) atoms. The predicted molar refractivity (Wildman–Crippen MR) is 73.8 cm³/mol. The molecule has 0 aliphatic rings. The lowest BCUT2D eigenvalue weighted by Gasteiger charge is -2.10. The first-order chi connectivity index (χ1) is 8.90. The number of pyridine rings is 2. The number of aryl methyl sites for hydroxylation is 2. The van der Waals surface area contributed by atoms with Crippen molar-refractivity contribution in [3.05, 3.63) is 47.0 Å². The Morgan fingerprint density at radius 2 is 1.95 bits per heavy atom. The van der Waals surface area contributed by atoms with Crippen LogP contribution >= 0.6 is 11.6 Å². The van der Waals surface area contributed by atoms with Gasteiger partial charge in [0.15, 0.2) is 0 Å². The molecular formula is C12H12ClN3O2S. The highest BCUT2D eigenvalue weighted by Gasteiger charge is 2.19. The summed E-state index contributed by atoms with van der Waals surface area (Å²) in [5.41, 5.74) is 1.84. The number of hydrogen-bond acceptors (Lipinski definition) is 4. The van der Waals surface area contributed by atoms with Crippen LogP contribution in [0.3, 0.4) is 0 Å². The molecule has 7 heteroatoms. The molecule has 0 amide bonds. The molecule has 0 unspecified atom stereocenters. The van der Waals surface area contributed by atoms with Crippen LogP contribution in [0.5, 0.6) is 0 Å². The van der Waals surface area contributed by atoms with Gasteiger partial charge in [-0.15, -0.1) is 0 Å². The van der Waals surface area contributed by atoms with Crippen molar-refractivity contribution in [1.82, 2.24) is 9.97 Å². The Hall–Kier alpha value is -1.66. The van der Waals surface area contributed by atoms with Crippen molar-refractivity contribution in [3.8, 4) is 0 Å². The van der Waals surface area contributed by atoms with E-state index < -0.39 is 10.0 Å². The van der Waals surface area contributed by atoms with Crippen LogP contribution in [0.15, 0.2) is 35.4 Å². The maximum atomic E-state index is 12.2. The first-order valence-corrected chi connectivity index (χ1v) is 7.34. The van der Waals surface area contributed by atoms with E-state index >= 15 is 0 Å². The first kappa shape index (κ1) is 13.8. The standard InChI is InChI=1S/C12H12ClN3O2S/c1-8-5-6-10(9(2)15-8)16-19(17,18)11-4-3-7-14-12(11)13/h3-7,16H,1-2H3. The van der Waals surface area contributed by atoms with Gasteiger partial charge in [-0.25, -0.2) is 13.4 Å². The number of nitrogens with one attached hydrogen (secondary N) is 1. The smallest absolute Gasteiger partial charge is 0.265 e. The third kappa shape index (κ3) is 3.02. The monoisotopic (exact) mass is 297 g/mol. The van der Waals surface area contributed by atoms with E-state index in [1.54, 1.807) is 19.1 Å². The summed E-state index contributed by atoms with van der Waals surface area (Å²) in [6, 6.07) is 6.31. The van der Waals surface area contributed by atoms with E-state index in [1.165, 1.54) is 18.3 Å². The maximum Gasteiger partial charge on any atom is 0.265 e. The Kier molecular flexibility index (Phi) is 3.73. The Morgan fingerprint density at radius 3 is 2.58 bits per heavy atom. The minimum atomic E-state index is -3.76. The zero-order chi connectivity index (χ0) is 14.0. The summed E-state index contributed by atoms with van der Waals surface area (Å²) in [7, 11) is -3.76. The van der Waals surface area contributed by atoms with Crippen LogP contribution in [-0.4, -0.2) is 18.4 Å². The Morgan fingerprint density at radius 1 is 1.21 bits per heavy atom. The van der Waals surface area contributed by atoms with Crippen molar-refractivity contribution < 1.29 is 8.42 Å². The molecule has 0 radical (unpaired) electrons. The molecule has 0 saturated carbocycles. The van der Waals surface area contributed by atoms with Crippen LogP contribution in [0.25, 0.3) is 0 Å². The zero-order valence-electron chi connectivity index (χ0n) is 10.4. The highest BCUT2D eigenvalue weighted by atomic mass is 35.5. The van der Waals surface area contributed by atoms with E-state index in [0.717, 1.165) is 5.69 Å². The van der Waals surface area contributed by atoms with Crippen LogP contribution in [-0.2, 0) is 10.0 Å². The molecule has 0 bridgehead atoms. The van der Waals surface area contributed by atoms with Crippen molar-refractivity contribution in [3.63, 3.8) is 0 Å². The van der Waals surface area contributed by atoms with Crippen molar-refractivity contribution >= 4 is 27.3 Å². The largest absolute Gasteiger partial charge is 0.278 e. The van der Waals surface area contributed by atoms with Crippen molar-refractivity contribution in [2.45, 2.75) is 18.7 Å². The lowest BCUT2D eigenvalue weighted by Crippen LogP contribution is -2.15. The van der Waals surface area contributed by atoms with Gasteiger partial charge in [0.05, 0.1) is 11.4 Å². The van der Waals surface area contributed by atoms with Crippen molar-refractivity contribution in [2.75, 3.05) is 4.72 Å². The fraction of sp³-hybridized carbons (Fsp3) is 0.167. The van der Waals surface area contributed by atoms with Crippen LogP contribution in [0.1, 0.15) is 11.4 Å². The summed E-state index contributed by atoms with van der Waals surface area (Å²) >= 11 is 5.79. The molecule has 2 heterocycles. The molecule has 2 aromatic rings. The van der Waals surface area contributed by atoms with Gasteiger partial charge in [0.25, 0.3) is 10.0 Å². The van der Waals surface area contributed by atoms with E-state index in [2.05, 4.69) is 14.7 Å². The third-order valence-corrected chi connectivity index (χ3v) is 4.29. The van der Waals surface area contributed by atoms with Gasteiger partial charge in [0.1, 0.15) is 10.0 Å². The van der Waals surface area contributed by atoms with E-state index in [-0.39, 0.29) is 10.0 Å². The summed E-state index contributed by atoms with van der Waals surface area (Å²) in [6.45, 7) is 3.57. The van der Waals surface area contributed by atoms with Gasteiger partial charge in [-0.2, -0.15) is 0 Å². The number of sulfonamides is 1. The van der Waals surface area contributed by atoms with Crippen molar-refractivity contribution in [2.24, 2.45) is 0 Å². The number of rotatable bonds is 3. The third-order valence-electron chi connectivity index (χ3n) is 2.48. The summed E-state index contributed by atoms with van der Waals surface area (Å²) in [5.74, 6) is 0. The topological polar surface area (TPSA) is 72.0 Å². The zero-order valence-corrected chi connectivity index (χ0v) is 12.0. The second-order valence-corrected chi connectivity index (χ2v) is 5.99. The lowest BCUT2D eigenvalue weighted by atomic mass is 10.3. The normalized spacial score (nSPS) is 11.3. The molecule has 0 atom stereocenters. The molecular weight excluding hydrogens is 286 g/mol. The average molecular weight is 298 g/mol. The highest BCUT2D eigenvalue weighted by Crippen LogP contribution is 2.22. The SMILES string of the molecule is Cc1ccc(NS(=O)(=O)c2cccnc2Cl)c(C)n1. The minimum absolute atomic E-state index is 0.0587. The van der Waals surface area contributed by atoms with Crippen molar-refractivity contribution in [1.29, 1.82) is 0 Å². The Labute approximate surface area is 116 Å². The number of nitrogens with zero attached hydrogens (tertiary/aromatic N) is 2. The molecule has 0 aromatic carbocycles. The molecule has 0 saturated heterocycles. The number of halogens is 1. The molecule has 1 N–H and O–H groups in total. The quantitative estimate of drug-likeness (QED) is 0.884.